The molecule has 2 rings (SSSR count). The number of hydrogen-bond donors (Lipinski definition) is 1. The van der Waals surface area contributed by atoms with Gasteiger partial charge in [-0.15, -0.1) is 0 Å². The topological polar surface area (TPSA) is 12.0 Å². The van der Waals surface area contributed by atoms with Crippen LogP contribution in [0.5, 0.6) is 0 Å². The Balaban J connectivity index is 1.73. The summed E-state index contributed by atoms with van der Waals surface area (Å²) in [5, 5.41) is 3.91. The van der Waals surface area contributed by atoms with Crippen LogP contribution in [0.3, 0.4) is 0 Å². The van der Waals surface area contributed by atoms with Crippen molar-refractivity contribution in [1.82, 2.24) is 5.32 Å². The maximum atomic E-state index is 3.91. The lowest BCUT2D eigenvalue weighted by atomic mass is 9.76. The second-order valence-corrected chi connectivity index (χ2v) is 8.34. The largest absolute Gasteiger partial charge is 0.314 e. The lowest BCUT2D eigenvalue weighted by molar-refractivity contribution is 0.213. The Kier molecular flexibility index (Phi) is 5.34. The fourth-order valence-corrected chi connectivity index (χ4v) is 4.22. The van der Waals surface area contributed by atoms with Crippen LogP contribution in [0.1, 0.15) is 79.1 Å². The summed E-state index contributed by atoms with van der Waals surface area (Å²) in [4.78, 5) is 0. The summed E-state index contributed by atoms with van der Waals surface area (Å²) in [6.07, 6.45) is 11.5. The van der Waals surface area contributed by atoms with E-state index in [2.05, 4.69) is 33.0 Å². The highest BCUT2D eigenvalue weighted by molar-refractivity contribution is 4.83. The summed E-state index contributed by atoms with van der Waals surface area (Å²) in [6, 6.07) is 0.806. The van der Waals surface area contributed by atoms with E-state index in [0.29, 0.717) is 5.41 Å². The Labute approximate surface area is 120 Å². The Morgan fingerprint density at radius 1 is 0.895 bits per heavy atom. The van der Waals surface area contributed by atoms with Gasteiger partial charge in [0.2, 0.25) is 0 Å². The molecule has 0 saturated heterocycles. The fourth-order valence-electron chi connectivity index (χ4n) is 4.22. The standard InChI is InChI=1S/C18H35N/c1-14-7-5-8-15(14)13-19-17-10-6-9-16(11-12-17)18(2,3)4/h14-17,19H,5-13H2,1-4H3. The third-order valence-electron chi connectivity index (χ3n) is 5.90. The molecule has 0 aromatic heterocycles. The molecule has 0 aromatic carbocycles. The SMILES string of the molecule is CC1CCCC1CNC1CCCC(C(C)(C)C)CC1. The third kappa shape index (κ3) is 4.48. The molecular weight excluding hydrogens is 230 g/mol. The minimum atomic E-state index is 0.509. The van der Waals surface area contributed by atoms with E-state index in [0.717, 1.165) is 23.8 Å². The van der Waals surface area contributed by atoms with Crippen LogP contribution in [0, 0.1) is 23.2 Å². The molecule has 4 atom stereocenters. The molecule has 19 heavy (non-hydrogen) atoms. The van der Waals surface area contributed by atoms with Crippen LogP contribution in [-0.4, -0.2) is 12.6 Å². The first kappa shape index (κ1) is 15.4. The van der Waals surface area contributed by atoms with Gasteiger partial charge in [0.15, 0.2) is 0 Å². The minimum Gasteiger partial charge on any atom is -0.314 e. The zero-order valence-electron chi connectivity index (χ0n) is 13.7. The smallest absolute Gasteiger partial charge is 0.00672 e. The van der Waals surface area contributed by atoms with Gasteiger partial charge in [-0.05, 0) is 61.8 Å². The highest BCUT2D eigenvalue weighted by Crippen LogP contribution is 2.37. The molecule has 0 spiro atoms. The predicted molar refractivity (Wildman–Crippen MR) is 84.3 cm³/mol. The van der Waals surface area contributed by atoms with E-state index >= 15 is 0 Å². The van der Waals surface area contributed by atoms with Gasteiger partial charge in [-0.25, -0.2) is 0 Å². The van der Waals surface area contributed by atoms with Crippen LogP contribution in [0.25, 0.3) is 0 Å². The van der Waals surface area contributed by atoms with E-state index in [4.69, 9.17) is 0 Å². The average Bonchev–Trinajstić information content (AvgIpc) is 2.61. The summed E-state index contributed by atoms with van der Waals surface area (Å²) in [5.41, 5.74) is 0.509. The molecule has 0 aromatic rings. The van der Waals surface area contributed by atoms with Crippen molar-refractivity contribution in [3.05, 3.63) is 0 Å². The molecule has 2 aliphatic carbocycles. The van der Waals surface area contributed by atoms with Crippen LogP contribution in [0.4, 0.5) is 0 Å². The van der Waals surface area contributed by atoms with Crippen molar-refractivity contribution in [1.29, 1.82) is 0 Å². The fraction of sp³-hybridized carbons (Fsp3) is 1.00. The van der Waals surface area contributed by atoms with Crippen molar-refractivity contribution in [2.75, 3.05) is 6.54 Å². The van der Waals surface area contributed by atoms with Crippen molar-refractivity contribution in [2.24, 2.45) is 23.2 Å². The summed E-state index contributed by atoms with van der Waals surface area (Å²) >= 11 is 0. The quantitative estimate of drug-likeness (QED) is 0.708. The van der Waals surface area contributed by atoms with E-state index in [1.54, 1.807) is 0 Å². The third-order valence-corrected chi connectivity index (χ3v) is 5.90. The van der Waals surface area contributed by atoms with Gasteiger partial charge in [0.05, 0.1) is 0 Å². The molecule has 112 valence electrons. The van der Waals surface area contributed by atoms with E-state index in [-0.39, 0.29) is 0 Å². The molecule has 1 N–H and O–H groups in total. The van der Waals surface area contributed by atoms with E-state index in [1.165, 1.54) is 57.9 Å². The predicted octanol–water partition coefficient (Wildman–Crippen LogP) is 5.01. The number of nitrogens with one attached hydrogen (secondary N) is 1. The lowest BCUT2D eigenvalue weighted by Gasteiger charge is -2.30. The van der Waals surface area contributed by atoms with Crippen LogP contribution in [0.15, 0.2) is 0 Å². The van der Waals surface area contributed by atoms with Gasteiger partial charge >= 0.3 is 0 Å². The first-order valence-electron chi connectivity index (χ1n) is 8.70. The Morgan fingerprint density at radius 2 is 1.63 bits per heavy atom. The first-order valence-corrected chi connectivity index (χ1v) is 8.70. The molecule has 0 aliphatic heterocycles. The Bertz CT molecular complexity index is 265. The van der Waals surface area contributed by atoms with Gasteiger partial charge in [-0.1, -0.05) is 47.0 Å². The average molecular weight is 265 g/mol. The summed E-state index contributed by atoms with van der Waals surface area (Å²) in [5.74, 6) is 2.85. The van der Waals surface area contributed by atoms with Crippen LogP contribution < -0.4 is 5.32 Å². The first-order chi connectivity index (χ1) is 8.97. The van der Waals surface area contributed by atoms with Gasteiger partial charge < -0.3 is 5.32 Å². The van der Waals surface area contributed by atoms with Crippen LogP contribution in [-0.2, 0) is 0 Å². The summed E-state index contributed by atoms with van der Waals surface area (Å²) < 4.78 is 0. The highest BCUT2D eigenvalue weighted by Gasteiger charge is 2.28. The molecule has 0 radical (unpaired) electrons. The van der Waals surface area contributed by atoms with E-state index in [9.17, 15) is 0 Å². The van der Waals surface area contributed by atoms with Crippen molar-refractivity contribution >= 4 is 0 Å². The monoisotopic (exact) mass is 265 g/mol. The van der Waals surface area contributed by atoms with E-state index < -0.39 is 0 Å². The maximum Gasteiger partial charge on any atom is 0.00672 e. The number of rotatable bonds is 3. The molecule has 0 bridgehead atoms. The highest BCUT2D eigenvalue weighted by atomic mass is 14.9. The van der Waals surface area contributed by atoms with Crippen LogP contribution >= 0.6 is 0 Å². The Morgan fingerprint density at radius 3 is 2.26 bits per heavy atom. The zero-order valence-corrected chi connectivity index (χ0v) is 13.7. The molecule has 0 amide bonds. The van der Waals surface area contributed by atoms with Crippen molar-refractivity contribution in [3.8, 4) is 0 Å². The van der Waals surface area contributed by atoms with Crippen molar-refractivity contribution < 1.29 is 0 Å². The molecule has 1 nitrogen and oxygen atoms in total. The molecule has 2 aliphatic rings. The molecular formula is C18H35N. The van der Waals surface area contributed by atoms with E-state index in [1.807, 2.05) is 0 Å². The van der Waals surface area contributed by atoms with Gasteiger partial charge in [-0.2, -0.15) is 0 Å². The summed E-state index contributed by atoms with van der Waals surface area (Å²) in [7, 11) is 0. The van der Waals surface area contributed by atoms with Gasteiger partial charge in [-0.3, -0.25) is 0 Å². The van der Waals surface area contributed by atoms with Gasteiger partial charge in [0.1, 0.15) is 0 Å². The second-order valence-electron chi connectivity index (χ2n) is 8.34. The molecule has 0 heterocycles. The Hall–Kier alpha value is -0.0400. The molecule has 2 fully saturated rings. The summed E-state index contributed by atoms with van der Waals surface area (Å²) in [6.45, 7) is 11.0. The maximum absolute atomic E-state index is 3.91. The zero-order chi connectivity index (χ0) is 13.9. The van der Waals surface area contributed by atoms with Gasteiger partial charge in [0, 0.05) is 6.04 Å². The molecule has 4 unspecified atom stereocenters. The second kappa shape index (κ2) is 6.61. The molecule has 2 saturated carbocycles. The normalized spacial score (nSPS) is 37.3. The number of hydrogen-bond acceptors (Lipinski definition) is 1. The van der Waals surface area contributed by atoms with Crippen molar-refractivity contribution in [2.45, 2.75) is 85.1 Å². The molecule has 1 heteroatoms. The lowest BCUT2D eigenvalue weighted by Crippen LogP contribution is -2.34. The van der Waals surface area contributed by atoms with Crippen molar-refractivity contribution in [3.63, 3.8) is 0 Å². The van der Waals surface area contributed by atoms with Crippen LogP contribution in [0.2, 0.25) is 0 Å². The minimum absolute atomic E-state index is 0.509. The van der Waals surface area contributed by atoms with Gasteiger partial charge in [0.25, 0.3) is 0 Å².